The van der Waals surface area contributed by atoms with E-state index in [1.807, 2.05) is 65.1 Å². The van der Waals surface area contributed by atoms with Crippen LogP contribution in [0.5, 0.6) is 0 Å². The van der Waals surface area contributed by atoms with E-state index in [9.17, 15) is 4.79 Å². The third-order valence-corrected chi connectivity index (χ3v) is 5.15. The Labute approximate surface area is 182 Å². The molecule has 2 N–H and O–H groups in total. The zero-order valence-electron chi connectivity index (χ0n) is 16.3. The highest BCUT2D eigenvalue weighted by Gasteiger charge is 2.11. The van der Waals surface area contributed by atoms with Crippen molar-refractivity contribution in [3.05, 3.63) is 95.4 Å². The number of rotatable bonds is 5. The van der Waals surface area contributed by atoms with Gasteiger partial charge in [-0.05, 0) is 48.5 Å². The summed E-state index contributed by atoms with van der Waals surface area (Å²) in [6.45, 7) is 0.470. The van der Waals surface area contributed by atoms with Gasteiger partial charge in [0.1, 0.15) is 6.33 Å². The van der Waals surface area contributed by atoms with E-state index in [0.29, 0.717) is 28.6 Å². The van der Waals surface area contributed by atoms with Crippen molar-refractivity contribution in [3.8, 4) is 0 Å². The summed E-state index contributed by atoms with van der Waals surface area (Å²) in [5.74, 6) is 0.356. The molecule has 0 aliphatic carbocycles. The van der Waals surface area contributed by atoms with E-state index in [2.05, 4.69) is 25.8 Å². The highest BCUT2D eigenvalue weighted by atomic mass is 35.5. The van der Waals surface area contributed by atoms with Gasteiger partial charge in [0.25, 0.3) is 11.7 Å². The van der Waals surface area contributed by atoms with Crippen LogP contribution in [-0.4, -0.2) is 25.5 Å². The molecule has 0 saturated carbocycles. The molecule has 5 rings (SSSR count). The molecule has 0 saturated heterocycles. The molecule has 152 valence electrons. The van der Waals surface area contributed by atoms with Crippen molar-refractivity contribution in [2.45, 2.75) is 6.54 Å². The summed E-state index contributed by atoms with van der Waals surface area (Å²) in [4.78, 5) is 17.0. The molecule has 0 aliphatic heterocycles. The van der Waals surface area contributed by atoms with Crippen LogP contribution in [0.2, 0.25) is 5.02 Å². The molecule has 2 aromatic heterocycles. The van der Waals surface area contributed by atoms with Crippen LogP contribution in [0.4, 0.5) is 11.4 Å². The maximum atomic E-state index is 12.4. The van der Waals surface area contributed by atoms with Crippen LogP contribution >= 0.6 is 11.6 Å². The molecule has 1 amide bonds. The molecule has 0 bridgehead atoms. The number of halogens is 1. The lowest BCUT2D eigenvalue weighted by atomic mass is 10.1. The predicted molar refractivity (Wildman–Crippen MR) is 121 cm³/mol. The number of benzene rings is 3. The van der Waals surface area contributed by atoms with Crippen LogP contribution in [0.25, 0.3) is 16.7 Å². The first kappa shape index (κ1) is 19.0. The third kappa shape index (κ3) is 3.91. The Hall–Kier alpha value is -3.97. The van der Waals surface area contributed by atoms with Crippen molar-refractivity contribution < 1.29 is 4.79 Å². The number of nitrogens with zero attached hydrogens (tertiary/aromatic N) is 4. The molecule has 0 fully saturated rings. The van der Waals surface area contributed by atoms with Gasteiger partial charge in [-0.25, -0.2) is 4.98 Å². The third-order valence-electron chi connectivity index (χ3n) is 4.91. The highest BCUT2D eigenvalue weighted by Crippen LogP contribution is 2.24. The van der Waals surface area contributed by atoms with Gasteiger partial charge in [0, 0.05) is 27.3 Å². The maximum Gasteiger partial charge on any atom is 0.255 e. The van der Waals surface area contributed by atoms with Crippen LogP contribution in [0.3, 0.4) is 0 Å². The summed E-state index contributed by atoms with van der Waals surface area (Å²) in [5.41, 5.74) is 3.89. The van der Waals surface area contributed by atoms with Gasteiger partial charge in [-0.1, -0.05) is 35.9 Å². The van der Waals surface area contributed by atoms with Crippen molar-refractivity contribution in [1.82, 2.24) is 19.6 Å². The van der Waals surface area contributed by atoms with Gasteiger partial charge < -0.3 is 10.6 Å². The molecule has 2 heterocycles. The molecule has 0 radical (unpaired) electrons. The van der Waals surface area contributed by atoms with Crippen molar-refractivity contribution >= 4 is 45.6 Å². The Balaban J connectivity index is 1.38. The smallest absolute Gasteiger partial charge is 0.255 e. The Morgan fingerprint density at radius 2 is 1.81 bits per heavy atom. The minimum absolute atomic E-state index is 0.153. The number of carbonyl (C=O) groups is 1. The molecule has 5 aromatic rings. The number of amides is 1. The van der Waals surface area contributed by atoms with Gasteiger partial charge in [0.05, 0.1) is 17.8 Å². The Bertz CT molecular complexity index is 1400. The fourth-order valence-corrected chi connectivity index (χ4v) is 3.59. The largest absolute Gasteiger partial charge is 0.379 e. The molecule has 7 nitrogen and oxygen atoms in total. The lowest BCUT2D eigenvalue weighted by molar-refractivity contribution is 0.102. The van der Waals surface area contributed by atoms with Gasteiger partial charge >= 0.3 is 0 Å². The van der Waals surface area contributed by atoms with Crippen molar-refractivity contribution in [2.75, 3.05) is 10.6 Å². The van der Waals surface area contributed by atoms with E-state index < -0.39 is 0 Å². The van der Waals surface area contributed by atoms with Gasteiger partial charge in [-0.3, -0.25) is 9.20 Å². The highest BCUT2D eigenvalue weighted by molar-refractivity contribution is 6.31. The maximum absolute atomic E-state index is 12.4. The summed E-state index contributed by atoms with van der Waals surface area (Å²) in [5, 5.41) is 15.9. The number of aromatic nitrogens is 4. The molecule has 0 unspecified atom stereocenters. The monoisotopic (exact) mass is 428 g/mol. The van der Waals surface area contributed by atoms with Gasteiger partial charge in [-0.15, -0.1) is 10.2 Å². The van der Waals surface area contributed by atoms with Crippen molar-refractivity contribution in [3.63, 3.8) is 0 Å². The SMILES string of the molecule is O=C(Nc1cccc(NCc2nc3nncn3c3cc(Cl)ccc23)c1)c1ccccc1. The van der Waals surface area contributed by atoms with Gasteiger partial charge in [-0.2, -0.15) is 0 Å². The number of hydrogen-bond donors (Lipinski definition) is 2. The van der Waals surface area contributed by atoms with Crippen LogP contribution in [-0.2, 0) is 6.54 Å². The van der Waals surface area contributed by atoms with Crippen LogP contribution < -0.4 is 10.6 Å². The van der Waals surface area contributed by atoms with E-state index in [-0.39, 0.29) is 5.91 Å². The number of nitrogens with one attached hydrogen (secondary N) is 2. The second-order valence-electron chi connectivity index (χ2n) is 6.98. The first-order valence-corrected chi connectivity index (χ1v) is 10.0. The van der Waals surface area contributed by atoms with E-state index in [1.165, 1.54) is 0 Å². The van der Waals surface area contributed by atoms with Crippen LogP contribution in [0.15, 0.2) is 79.1 Å². The molecule has 0 spiro atoms. The Kier molecular flexibility index (Phi) is 4.93. The molecule has 3 aromatic carbocycles. The lowest BCUT2D eigenvalue weighted by Gasteiger charge is -2.12. The molecule has 31 heavy (non-hydrogen) atoms. The lowest BCUT2D eigenvalue weighted by Crippen LogP contribution is -2.12. The zero-order valence-corrected chi connectivity index (χ0v) is 17.0. The fraction of sp³-hybridized carbons (Fsp3) is 0.0435. The molecular formula is C23H17ClN6O. The van der Waals surface area contributed by atoms with E-state index in [0.717, 1.165) is 22.3 Å². The number of carbonyl (C=O) groups excluding carboxylic acids is 1. The summed E-state index contributed by atoms with van der Waals surface area (Å²) in [6, 6.07) is 22.3. The Morgan fingerprint density at radius 3 is 2.68 bits per heavy atom. The fourth-order valence-electron chi connectivity index (χ4n) is 3.42. The first-order valence-electron chi connectivity index (χ1n) is 9.65. The standard InChI is InChI=1S/C23H17ClN6O/c24-16-9-10-19-20(28-23-29-26-14-30(23)21(19)11-16)13-25-17-7-4-8-18(12-17)27-22(31)15-5-2-1-3-6-15/h1-12,14,25H,13H2,(H,27,31). The number of fused-ring (bicyclic) bond motifs is 3. The molecule has 8 heteroatoms. The predicted octanol–water partition coefficient (Wildman–Crippen LogP) is 4.80. The quantitative estimate of drug-likeness (QED) is 0.420. The Morgan fingerprint density at radius 1 is 0.968 bits per heavy atom. The normalized spacial score (nSPS) is 11.0. The van der Waals surface area contributed by atoms with E-state index in [4.69, 9.17) is 11.6 Å². The second kappa shape index (κ2) is 8.04. The second-order valence-corrected chi connectivity index (χ2v) is 7.41. The van der Waals surface area contributed by atoms with E-state index in [1.54, 1.807) is 18.5 Å². The van der Waals surface area contributed by atoms with Gasteiger partial charge in [0.15, 0.2) is 0 Å². The summed E-state index contributed by atoms with van der Waals surface area (Å²) in [7, 11) is 0. The topological polar surface area (TPSA) is 84.2 Å². The molecular weight excluding hydrogens is 412 g/mol. The molecule has 0 atom stereocenters. The van der Waals surface area contributed by atoms with Crippen molar-refractivity contribution in [2.24, 2.45) is 0 Å². The summed E-state index contributed by atoms with van der Waals surface area (Å²) >= 11 is 6.19. The summed E-state index contributed by atoms with van der Waals surface area (Å²) in [6.07, 6.45) is 1.62. The van der Waals surface area contributed by atoms with Crippen LogP contribution in [0.1, 0.15) is 16.1 Å². The van der Waals surface area contributed by atoms with E-state index >= 15 is 0 Å². The number of anilines is 2. The van der Waals surface area contributed by atoms with Crippen molar-refractivity contribution in [1.29, 1.82) is 0 Å². The summed E-state index contributed by atoms with van der Waals surface area (Å²) < 4.78 is 1.81. The minimum Gasteiger partial charge on any atom is -0.379 e. The minimum atomic E-state index is -0.153. The average molecular weight is 429 g/mol. The first-order chi connectivity index (χ1) is 15.2. The number of hydrogen-bond acceptors (Lipinski definition) is 5. The molecule has 0 aliphatic rings. The van der Waals surface area contributed by atoms with Crippen LogP contribution in [0, 0.1) is 0 Å². The zero-order chi connectivity index (χ0) is 21.2. The van der Waals surface area contributed by atoms with Gasteiger partial charge in [0.2, 0.25) is 0 Å². The average Bonchev–Trinajstić information content (AvgIpc) is 3.27.